The highest BCUT2D eigenvalue weighted by Crippen LogP contribution is 2.34. The predicted octanol–water partition coefficient (Wildman–Crippen LogP) is 7.49. The van der Waals surface area contributed by atoms with E-state index in [0.717, 1.165) is 33.7 Å². The lowest BCUT2D eigenvalue weighted by molar-refractivity contribution is 0.0525. The van der Waals surface area contributed by atoms with E-state index in [1.54, 1.807) is 6.07 Å². The molecule has 0 aliphatic carbocycles. The maximum atomic E-state index is 11.8. The number of amides is 1. The van der Waals surface area contributed by atoms with Gasteiger partial charge < -0.3 is 24.1 Å². The minimum absolute atomic E-state index is 0.0726. The number of rotatable bonds is 10. The standard InChI is InChI=1S/C31H36ClN3O4/c1-21(2)38-24-13-15-28-27(19-24)34-29(35(28)20-22-10-7-6-8-11-22)25-14-12-23(18-26(25)32)37-17-9-16-33-30(36)39-31(3,4)5/h6-8,10-15,18-19,21H,9,16-17,20H2,1-5H3,(H,33,36). The number of nitrogens with zero attached hydrogens (tertiary/aromatic N) is 2. The second-order valence-corrected chi connectivity index (χ2v) is 11.0. The summed E-state index contributed by atoms with van der Waals surface area (Å²) in [6.07, 6.45) is 0.270. The van der Waals surface area contributed by atoms with Gasteiger partial charge in [-0.25, -0.2) is 9.78 Å². The molecule has 3 aromatic carbocycles. The molecule has 39 heavy (non-hydrogen) atoms. The van der Waals surface area contributed by atoms with Crippen molar-refractivity contribution in [1.82, 2.24) is 14.9 Å². The lowest BCUT2D eigenvalue weighted by Crippen LogP contribution is -2.33. The summed E-state index contributed by atoms with van der Waals surface area (Å²) in [5, 5.41) is 3.28. The summed E-state index contributed by atoms with van der Waals surface area (Å²) < 4.78 is 19.2. The molecule has 0 spiro atoms. The first-order chi connectivity index (χ1) is 18.6. The topological polar surface area (TPSA) is 74.6 Å². The average Bonchev–Trinajstić information content (AvgIpc) is 3.20. The number of imidazole rings is 1. The highest BCUT2D eigenvalue weighted by molar-refractivity contribution is 6.33. The number of hydrogen-bond acceptors (Lipinski definition) is 5. The Balaban J connectivity index is 1.51. The molecule has 7 nitrogen and oxygen atoms in total. The summed E-state index contributed by atoms with van der Waals surface area (Å²) >= 11 is 6.78. The van der Waals surface area contributed by atoms with Crippen LogP contribution in [0.2, 0.25) is 5.02 Å². The van der Waals surface area contributed by atoms with Gasteiger partial charge in [0.25, 0.3) is 0 Å². The Kier molecular flexibility index (Phi) is 9.02. The molecule has 0 radical (unpaired) electrons. The van der Waals surface area contributed by atoms with Crippen LogP contribution >= 0.6 is 11.6 Å². The molecule has 1 amide bonds. The van der Waals surface area contributed by atoms with Gasteiger partial charge in [-0.1, -0.05) is 41.9 Å². The lowest BCUT2D eigenvalue weighted by Gasteiger charge is -2.19. The summed E-state index contributed by atoms with van der Waals surface area (Å²) in [6, 6.07) is 21.9. The molecule has 4 rings (SSSR count). The van der Waals surface area contributed by atoms with Gasteiger partial charge in [0.1, 0.15) is 22.9 Å². The van der Waals surface area contributed by atoms with E-state index >= 15 is 0 Å². The number of alkyl carbamates (subject to hydrolysis) is 1. The van der Waals surface area contributed by atoms with Crippen LogP contribution in [0.1, 0.15) is 46.6 Å². The van der Waals surface area contributed by atoms with Crippen LogP contribution < -0.4 is 14.8 Å². The van der Waals surface area contributed by atoms with Gasteiger partial charge in [-0.15, -0.1) is 0 Å². The first-order valence-corrected chi connectivity index (χ1v) is 13.6. The molecule has 0 saturated carbocycles. The SMILES string of the molecule is CC(C)Oc1ccc2c(c1)nc(-c1ccc(OCCCNC(=O)OC(C)(C)C)cc1Cl)n2Cc1ccccc1. The normalized spacial score (nSPS) is 11.6. The van der Waals surface area contributed by atoms with Crippen LogP contribution in [0.3, 0.4) is 0 Å². The van der Waals surface area contributed by atoms with Crippen LogP contribution in [0, 0.1) is 0 Å². The van der Waals surface area contributed by atoms with Gasteiger partial charge >= 0.3 is 6.09 Å². The van der Waals surface area contributed by atoms with E-state index in [4.69, 9.17) is 30.8 Å². The van der Waals surface area contributed by atoms with Crippen molar-refractivity contribution in [3.05, 3.63) is 77.3 Å². The van der Waals surface area contributed by atoms with Gasteiger partial charge in [0, 0.05) is 24.7 Å². The minimum Gasteiger partial charge on any atom is -0.493 e. The van der Waals surface area contributed by atoms with Gasteiger partial charge in [-0.3, -0.25) is 0 Å². The van der Waals surface area contributed by atoms with E-state index < -0.39 is 11.7 Å². The number of carbonyl (C=O) groups excluding carboxylic acids is 1. The summed E-state index contributed by atoms with van der Waals surface area (Å²) in [6.45, 7) is 11.0. The highest BCUT2D eigenvalue weighted by atomic mass is 35.5. The van der Waals surface area contributed by atoms with Gasteiger partial charge in [-0.05, 0) is 76.9 Å². The van der Waals surface area contributed by atoms with Crippen LogP contribution in [-0.2, 0) is 11.3 Å². The molecule has 1 N–H and O–H groups in total. The van der Waals surface area contributed by atoms with Gasteiger partial charge in [0.15, 0.2) is 0 Å². The van der Waals surface area contributed by atoms with Crippen molar-refractivity contribution < 1.29 is 19.0 Å². The minimum atomic E-state index is -0.523. The lowest BCUT2D eigenvalue weighted by atomic mass is 10.2. The number of carbonyl (C=O) groups is 1. The van der Waals surface area contributed by atoms with Crippen molar-refractivity contribution in [3.63, 3.8) is 0 Å². The zero-order valence-corrected chi connectivity index (χ0v) is 23.9. The maximum absolute atomic E-state index is 11.8. The molecule has 0 bridgehead atoms. The van der Waals surface area contributed by atoms with Crippen molar-refractivity contribution in [1.29, 1.82) is 0 Å². The third kappa shape index (κ3) is 7.90. The predicted molar refractivity (Wildman–Crippen MR) is 156 cm³/mol. The molecular formula is C31H36ClN3O4. The van der Waals surface area contributed by atoms with Gasteiger partial charge in [0.2, 0.25) is 0 Å². The first-order valence-electron chi connectivity index (χ1n) is 13.2. The molecule has 0 aliphatic heterocycles. The van der Waals surface area contributed by atoms with Gasteiger partial charge in [-0.2, -0.15) is 0 Å². The van der Waals surface area contributed by atoms with Crippen LogP contribution in [-0.4, -0.2) is 40.5 Å². The fourth-order valence-electron chi connectivity index (χ4n) is 4.12. The number of fused-ring (bicyclic) bond motifs is 1. The van der Waals surface area contributed by atoms with Crippen LogP contribution in [0.15, 0.2) is 66.7 Å². The van der Waals surface area contributed by atoms with E-state index in [0.29, 0.717) is 36.9 Å². The summed E-state index contributed by atoms with van der Waals surface area (Å²) in [5.41, 5.74) is 3.29. The molecule has 0 fully saturated rings. The smallest absolute Gasteiger partial charge is 0.407 e. The third-order valence-electron chi connectivity index (χ3n) is 5.71. The molecule has 0 unspecified atom stereocenters. The number of aromatic nitrogens is 2. The Hall–Kier alpha value is -3.71. The summed E-state index contributed by atoms with van der Waals surface area (Å²) in [4.78, 5) is 16.7. The van der Waals surface area contributed by atoms with E-state index in [1.165, 1.54) is 0 Å². The van der Waals surface area contributed by atoms with Crippen LogP contribution in [0.25, 0.3) is 22.4 Å². The van der Waals surface area contributed by atoms with Crippen molar-refractivity contribution in [2.24, 2.45) is 0 Å². The molecule has 4 aromatic rings. The number of nitrogens with one attached hydrogen (secondary N) is 1. The van der Waals surface area contributed by atoms with E-state index in [1.807, 2.05) is 83.1 Å². The third-order valence-corrected chi connectivity index (χ3v) is 6.03. The Morgan fingerprint density at radius 3 is 2.46 bits per heavy atom. The maximum Gasteiger partial charge on any atom is 0.407 e. The number of benzene rings is 3. The monoisotopic (exact) mass is 549 g/mol. The zero-order valence-electron chi connectivity index (χ0n) is 23.2. The quantitative estimate of drug-likeness (QED) is 0.207. The number of hydrogen-bond donors (Lipinski definition) is 1. The van der Waals surface area contributed by atoms with Crippen molar-refractivity contribution in [2.45, 2.75) is 59.3 Å². The fourth-order valence-corrected chi connectivity index (χ4v) is 4.38. The molecule has 0 atom stereocenters. The summed E-state index contributed by atoms with van der Waals surface area (Å²) in [7, 11) is 0. The molecule has 1 aromatic heterocycles. The molecule has 0 aliphatic rings. The van der Waals surface area contributed by atoms with Crippen molar-refractivity contribution >= 4 is 28.7 Å². The fraction of sp³-hybridized carbons (Fsp3) is 0.355. The highest BCUT2D eigenvalue weighted by Gasteiger charge is 2.18. The second kappa shape index (κ2) is 12.4. The van der Waals surface area contributed by atoms with Crippen LogP contribution in [0.4, 0.5) is 4.79 Å². The zero-order chi connectivity index (χ0) is 28.0. The Labute approximate surface area is 235 Å². The summed E-state index contributed by atoms with van der Waals surface area (Å²) in [5.74, 6) is 2.21. The van der Waals surface area contributed by atoms with Gasteiger partial charge in [0.05, 0.1) is 28.8 Å². The molecule has 206 valence electrons. The Bertz CT molecular complexity index is 1410. The molecule has 8 heteroatoms. The van der Waals surface area contributed by atoms with Crippen molar-refractivity contribution in [2.75, 3.05) is 13.2 Å². The largest absolute Gasteiger partial charge is 0.493 e. The van der Waals surface area contributed by atoms with E-state index in [-0.39, 0.29) is 6.10 Å². The Morgan fingerprint density at radius 2 is 1.77 bits per heavy atom. The molecular weight excluding hydrogens is 514 g/mol. The second-order valence-electron chi connectivity index (χ2n) is 10.6. The van der Waals surface area contributed by atoms with E-state index in [2.05, 4.69) is 22.0 Å². The first kappa shape index (κ1) is 28.3. The Morgan fingerprint density at radius 1 is 1.03 bits per heavy atom. The molecule has 1 heterocycles. The number of ether oxygens (including phenoxy) is 3. The molecule has 0 saturated heterocycles. The van der Waals surface area contributed by atoms with Crippen molar-refractivity contribution in [3.8, 4) is 22.9 Å². The number of halogens is 1. The van der Waals surface area contributed by atoms with E-state index in [9.17, 15) is 4.79 Å². The average molecular weight is 550 g/mol. The van der Waals surface area contributed by atoms with Crippen LogP contribution in [0.5, 0.6) is 11.5 Å².